The fourth-order valence-electron chi connectivity index (χ4n) is 2.41. The van der Waals surface area contributed by atoms with E-state index in [1.165, 1.54) is 64.5 Å². The first-order valence-electron chi connectivity index (χ1n) is 7.87. The second kappa shape index (κ2) is 11.2. The highest BCUT2D eigenvalue weighted by Crippen LogP contribution is 2.37. The zero-order valence-electron chi connectivity index (χ0n) is 12.7. The molecule has 1 unspecified atom stereocenters. The maximum Gasteiger partial charge on any atom is 0.0758 e. The molecule has 20 heavy (non-hydrogen) atoms. The van der Waals surface area contributed by atoms with Gasteiger partial charge in [-0.15, -0.1) is 11.3 Å². The molecule has 0 spiro atoms. The summed E-state index contributed by atoms with van der Waals surface area (Å²) in [6.07, 6.45) is 10.6. The van der Waals surface area contributed by atoms with Gasteiger partial charge in [0.25, 0.3) is 0 Å². The number of hydrogen-bond donors (Lipinski definition) is 1. The standard InChI is InChI=1S/C16H27Br2NS/c1-3-5-6-7-8-9-10-14(19-11-4-2)13-12-15(17)20-16(13)18/h12,14,19H,3-11H2,1-2H3. The van der Waals surface area contributed by atoms with E-state index < -0.39 is 0 Å². The van der Waals surface area contributed by atoms with Crippen LogP contribution >= 0.6 is 43.2 Å². The van der Waals surface area contributed by atoms with E-state index >= 15 is 0 Å². The lowest BCUT2D eigenvalue weighted by Crippen LogP contribution is -2.22. The Morgan fingerprint density at radius 3 is 2.35 bits per heavy atom. The van der Waals surface area contributed by atoms with Crippen molar-refractivity contribution >= 4 is 43.2 Å². The minimum atomic E-state index is 0.498. The minimum Gasteiger partial charge on any atom is -0.310 e. The van der Waals surface area contributed by atoms with Crippen molar-refractivity contribution in [1.82, 2.24) is 5.32 Å². The molecule has 1 nitrogen and oxygen atoms in total. The maximum atomic E-state index is 3.70. The smallest absolute Gasteiger partial charge is 0.0758 e. The van der Waals surface area contributed by atoms with E-state index in [4.69, 9.17) is 0 Å². The van der Waals surface area contributed by atoms with Crippen molar-refractivity contribution in [2.75, 3.05) is 6.54 Å². The summed E-state index contributed by atoms with van der Waals surface area (Å²) < 4.78 is 2.48. The number of halogens is 2. The van der Waals surface area contributed by atoms with Gasteiger partial charge in [-0.3, -0.25) is 0 Å². The number of hydrogen-bond acceptors (Lipinski definition) is 2. The highest BCUT2D eigenvalue weighted by atomic mass is 79.9. The number of nitrogens with one attached hydrogen (secondary N) is 1. The molecule has 1 N–H and O–H groups in total. The molecule has 0 radical (unpaired) electrons. The average molecular weight is 425 g/mol. The molecule has 0 amide bonds. The van der Waals surface area contributed by atoms with E-state index in [1.54, 1.807) is 11.3 Å². The monoisotopic (exact) mass is 423 g/mol. The average Bonchev–Trinajstić information content (AvgIpc) is 2.76. The van der Waals surface area contributed by atoms with E-state index in [2.05, 4.69) is 57.1 Å². The van der Waals surface area contributed by atoms with Crippen LogP contribution in [0.15, 0.2) is 13.6 Å². The molecular formula is C16H27Br2NS. The molecule has 0 aromatic carbocycles. The molecule has 0 fully saturated rings. The summed E-state index contributed by atoms with van der Waals surface area (Å²) >= 11 is 9.07. The van der Waals surface area contributed by atoms with Crippen LogP contribution in [0.4, 0.5) is 0 Å². The lowest BCUT2D eigenvalue weighted by molar-refractivity contribution is 0.466. The number of rotatable bonds is 11. The molecule has 1 atom stereocenters. The van der Waals surface area contributed by atoms with Crippen molar-refractivity contribution in [3.05, 3.63) is 19.2 Å². The maximum absolute atomic E-state index is 3.70. The van der Waals surface area contributed by atoms with Gasteiger partial charge >= 0.3 is 0 Å². The van der Waals surface area contributed by atoms with Gasteiger partial charge in [-0.2, -0.15) is 0 Å². The van der Waals surface area contributed by atoms with Gasteiger partial charge in [-0.25, -0.2) is 0 Å². The van der Waals surface area contributed by atoms with Crippen LogP contribution in [0.3, 0.4) is 0 Å². The van der Waals surface area contributed by atoms with Crippen LogP contribution in [-0.2, 0) is 0 Å². The van der Waals surface area contributed by atoms with Crippen molar-refractivity contribution in [3.8, 4) is 0 Å². The van der Waals surface area contributed by atoms with Gasteiger partial charge in [0.15, 0.2) is 0 Å². The molecule has 1 rings (SSSR count). The van der Waals surface area contributed by atoms with Crippen LogP contribution < -0.4 is 5.32 Å². The Balaban J connectivity index is 2.42. The van der Waals surface area contributed by atoms with E-state index in [9.17, 15) is 0 Å². The topological polar surface area (TPSA) is 12.0 Å². The molecule has 0 aliphatic carbocycles. The van der Waals surface area contributed by atoms with Crippen molar-refractivity contribution in [3.63, 3.8) is 0 Å². The first-order valence-corrected chi connectivity index (χ1v) is 10.3. The number of unbranched alkanes of at least 4 members (excludes halogenated alkanes) is 5. The molecule has 0 bridgehead atoms. The van der Waals surface area contributed by atoms with Gasteiger partial charge < -0.3 is 5.32 Å². The minimum absolute atomic E-state index is 0.498. The molecule has 4 heteroatoms. The summed E-state index contributed by atoms with van der Waals surface area (Å²) in [4.78, 5) is 0. The lowest BCUT2D eigenvalue weighted by atomic mass is 10.0. The van der Waals surface area contributed by atoms with Gasteiger partial charge in [-0.05, 0) is 62.9 Å². The molecule has 0 aliphatic rings. The molecule has 1 heterocycles. The second-order valence-electron chi connectivity index (χ2n) is 5.34. The van der Waals surface area contributed by atoms with E-state index in [-0.39, 0.29) is 0 Å². The predicted molar refractivity (Wildman–Crippen MR) is 98.7 cm³/mol. The van der Waals surface area contributed by atoms with Crippen LogP contribution in [-0.4, -0.2) is 6.54 Å². The molecule has 1 aromatic heterocycles. The molecule has 0 aliphatic heterocycles. The second-order valence-corrected chi connectivity index (χ2v) is 9.09. The van der Waals surface area contributed by atoms with E-state index in [1.807, 2.05) is 0 Å². The third-order valence-corrected chi connectivity index (χ3v) is 5.93. The van der Waals surface area contributed by atoms with Crippen LogP contribution in [0, 0.1) is 0 Å². The summed E-state index contributed by atoms with van der Waals surface area (Å²) in [7, 11) is 0. The summed E-state index contributed by atoms with van der Waals surface area (Å²) in [5.41, 5.74) is 1.42. The van der Waals surface area contributed by atoms with Gasteiger partial charge in [0.1, 0.15) is 0 Å². The fraction of sp³-hybridized carbons (Fsp3) is 0.750. The van der Waals surface area contributed by atoms with Gasteiger partial charge in [0.2, 0.25) is 0 Å². The zero-order valence-corrected chi connectivity index (χ0v) is 16.7. The predicted octanol–water partition coefficient (Wildman–Crippen LogP) is 7.06. The third-order valence-electron chi connectivity index (χ3n) is 3.55. The SMILES string of the molecule is CCCCCCCCC(NCCC)c1cc(Br)sc1Br. The third kappa shape index (κ3) is 7.06. The lowest BCUT2D eigenvalue weighted by Gasteiger charge is -2.18. The van der Waals surface area contributed by atoms with Crippen LogP contribution in [0.25, 0.3) is 0 Å². The van der Waals surface area contributed by atoms with Crippen molar-refractivity contribution in [1.29, 1.82) is 0 Å². The highest BCUT2D eigenvalue weighted by Gasteiger charge is 2.16. The molecular weight excluding hydrogens is 398 g/mol. The number of thiophene rings is 1. The van der Waals surface area contributed by atoms with Gasteiger partial charge in [0, 0.05) is 6.04 Å². The molecule has 116 valence electrons. The summed E-state index contributed by atoms with van der Waals surface area (Å²) in [5, 5.41) is 3.70. The van der Waals surface area contributed by atoms with E-state index in [0.29, 0.717) is 6.04 Å². The Morgan fingerprint density at radius 2 is 1.75 bits per heavy atom. The Hall–Kier alpha value is 0.620. The fourth-order valence-corrected chi connectivity index (χ4v) is 5.38. The summed E-state index contributed by atoms with van der Waals surface area (Å²) in [5.74, 6) is 0. The first kappa shape index (κ1) is 18.7. The van der Waals surface area contributed by atoms with Crippen LogP contribution in [0.5, 0.6) is 0 Å². The van der Waals surface area contributed by atoms with Crippen LogP contribution in [0.1, 0.15) is 76.8 Å². The Kier molecular flexibility index (Phi) is 10.5. The summed E-state index contributed by atoms with van der Waals surface area (Å²) in [6, 6.07) is 2.76. The summed E-state index contributed by atoms with van der Waals surface area (Å²) in [6.45, 7) is 5.60. The quantitative estimate of drug-likeness (QED) is 0.374. The first-order chi connectivity index (χ1) is 9.69. The largest absolute Gasteiger partial charge is 0.310 e. The normalized spacial score (nSPS) is 12.8. The molecule has 0 saturated carbocycles. The van der Waals surface area contributed by atoms with E-state index in [0.717, 1.165) is 6.54 Å². The van der Waals surface area contributed by atoms with Crippen molar-refractivity contribution in [2.45, 2.75) is 71.3 Å². The Labute approximate surface area is 145 Å². The van der Waals surface area contributed by atoms with Gasteiger partial charge in [-0.1, -0.05) is 52.4 Å². The van der Waals surface area contributed by atoms with Gasteiger partial charge in [0.05, 0.1) is 7.57 Å². The Morgan fingerprint density at radius 1 is 1.05 bits per heavy atom. The zero-order chi connectivity index (χ0) is 14.8. The van der Waals surface area contributed by atoms with Crippen molar-refractivity contribution < 1.29 is 0 Å². The van der Waals surface area contributed by atoms with Crippen molar-refractivity contribution in [2.24, 2.45) is 0 Å². The molecule has 0 saturated heterocycles. The van der Waals surface area contributed by atoms with Crippen LogP contribution in [0.2, 0.25) is 0 Å². The highest BCUT2D eigenvalue weighted by molar-refractivity contribution is 9.12. The molecule has 1 aromatic rings. The Bertz CT molecular complexity index is 365.